The maximum absolute atomic E-state index is 11.4. The van der Waals surface area contributed by atoms with Crippen LogP contribution in [0.2, 0.25) is 0 Å². The lowest BCUT2D eigenvalue weighted by molar-refractivity contribution is 0.144. The van der Waals surface area contributed by atoms with Gasteiger partial charge in [-0.2, -0.15) is 0 Å². The van der Waals surface area contributed by atoms with Gasteiger partial charge in [0.25, 0.3) is 0 Å². The van der Waals surface area contributed by atoms with Crippen molar-refractivity contribution in [1.82, 2.24) is 10.2 Å². The third kappa shape index (κ3) is 1.08. The molecular formula is C9H16N2O. The molecular weight excluding hydrogens is 152 g/mol. The van der Waals surface area contributed by atoms with Gasteiger partial charge in [-0.3, -0.25) is 0 Å². The molecule has 68 valence electrons. The van der Waals surface area contributed by atoms with Gasteiger partial charge < -0.3 is 10.2 Å². The maximum Gasteiger partial charge on any atom is 0.317 e. The molecule has 0 aromatic carbocycles. The summed E-state index contributed by atoms with van der Waals surface area (Å²) >= 11 is 0. The molecule has 1 N–H and O–H groups in total. The molecule has 0 unspecified atom stereocenters. The Bertz CT molecular complexity index is 209. The minimum absolute atomic E-state index is 0.0839. The van der Waals surface area contributed by atoms with Crippen LogP contribution in [0, 0.1) is 5.92 Å². The van der Waals surface area contributed by atoms with E-state index in [1.807, 2.05) is 4.90 Å². The number of nitrogens with zero attached hydrogens (tertiary/aromatic N) is 1. The zero-order valence-electron chi connectivity index (χ0n) is 7.76. The van der Waals surface area contributed by atoms with E-state index < -0.39 is 0 Å². The standard InChI is InChI=1S/C9H16N2O/c1-9(2,7-3-4-7)11-6-5-10-8(11)12/h7H,3-6H2,1-2H3,(H,10,12). The molecule has 3 heteroatoms. The second-order valence-corrected chi connectivity index (χ2v) is 4.31. The fraction of sp³-hybridized carbons (Fsp3) is 0.889. The van der Waals surface area contributed by atoms with E-state index in [2.05, 4.69) is 19.2 Å². The van der Waals surface area contributed by atoms with Crippen molar-refractivity contribution < 1.29 is 4.79 Å². The first-order valence-corrected chi connectivity index (χ1v) is 4.68. The van der Waals surface area contributed by atoms with Crippen molar-refractivity contribution in [3.63, 3.8) is 0 Å². The van der Waals surface area contributed by atoms with Crippen LogP contribution in [0.3, 0.4) is 0 Å². The van der Waals surface area contributed by atoms with Gasteiger partial charge >= 0.3 is 6.03 Å². The highest BCUT2D eigenvalue weighted by Crippen LogP contribution is 2.43. The van der Waals surface area contributed by atoms with Gasteiger partial charge in [-0.25, -0.2) is 4.79 Å². The van der Waals surface area contributed by atoms with Crippen molar-refractivity contribution in [2.45, 2.75) is 32.2 Å². The van der Waals surface area contributed by atoms with E-state index in [1.165, 1.54) is 12.8 Å². The molecule has 1 heterocycles. The first-order valence-electron chi connectivity index (χ1n) is 4.68. The third-order valence-corrected chi connectivity index (χ3v) is 3.13. The molecule has 2 rings (SSSR count). The predicted molar refractivity (Wildman–Crippen MR) is 46.9 cm³/mol. The van der Waals surface area contributed by atoms with E-state index in [0.29, 0.717) is 0 Å². The van der Waals surface area contributed by atoms with Crippen molar-refractivity contribution in [2.24, 2.45) is 5.92 Å². The highest BCUT2D eigenvalue weighted by atomic mass is 16.2. The Morgan fingerprint density at radius 2 is 2.17 bits per heavy atom. The number of hydrogen-bond donors (Lipinski definition) is 1. The lowest BCUT2D eigenvalue weighted by Crippen LogP contribution is -2.47. The van der Waals surface area contributed by atoms with Gasteiger partial charge in [-0.05, 0) is 32.6 Å². The fourth-order valence-electron chi connectivity index (χ4n) is 2.03. The molecule has 2 amide bonds. The smallest absolute Gasteiger partial charge is 0.317 e. The number of urea groups is 1. The van der Waals surface area contributed by atoms with Crippen molar-refractivity contribution in [3.05, 3.63) is 0 Å². The molecule has 0 radical (unpaired) electrons. The number of nitrogens with one attached hydrogen (secondary N) is 1. The van der Waals surface area contributed by atoms with Crippen LogP contribution < -0.4 is 5.32 Å². The van der Waals surface area contributed by atoms with Crippen molar-refractivity contribution in [3.8, 4) is 0 Å². The average Bonchev–Trinajstić information content (AvgIpc) is 2.75. The molecule has 0 spiro atoms. The van der Waals surface area contributed by atoms with Crippen molar-refractivity contribution in [2.75, 3.05) is 13.1 Å². The summed E-state index contributed by atoms with van der Waals surface area (Å²) in [5, 5.41) is 2.85. The van der Waals surface area contributed by atoms with E-state index in [9.17, 15) is 4.79 Å². The second-order valence-electron chi connectivity index (χ2n) is 4.31. The van der Waals surface area contributed by atoms with Gasteiger partial charge in [-0.1, -0.05) is 0 Å². The van der Waals surface area contributed by atoms with Gasteiger partial charge in [0.05, 0.1) is 0 Å². The maximum atomic E-state index is 11.4. The Morgan fingerprint density at radius 3 is 2.58 bits per heavy atom. The summed E-state index contributed by atoms with van der Waals surface area (Å²) in [6.45, 7) is 6.04. The quantitative estimate of drug-likeness (QED) is 0.660. The van der Waals surface area contributed by atoms with Gasteiger partial charge in [0.1, 0.15) is 0 Å². The first-order chi connectivity index (χ1) is 5.62. The molecule has 0 atom stereocenters. The van der Waals surface area contributed by atoms with Crippen LogP contribution in [0.25, 0.3) is 0 Å². The van der Waals surface area contributed by atoms with E-state index in [1.54, 1.807) is 0 Å². The van der Waals surface area contributed by atoms with Gasteiger partial charge in [0.2, 0.25) is 0 Å². The Hall–Kier alpha value is -0.730. The number of carbonyl (C=O) groups is 1. The minimum atomic E-state index is 0.0839. The second kappa shape index (κ2) is 2.38. The van der Waals surface area contributed by atoms with Crippen LogP contribution in [0.1, 0.15) is 26.7 Å². The lowest BCUT2D eigenvalue weighted by Gasteiger charge is -2.34. The molecule has 1 saturated heterocycles. The largest absolute Gasteiger partial charge is 0.336 e. The first kappa shape index (κ1) is 7.90. The summed E-state index contributed by atoms with van der Waals surface area (Å²) in [5.74, 6) is 0.737. The molecule has 1 saturated carbocycles. The molecule has 2 aliphatic rings. The van der Waals surface area contributed by atoms with Crippen molar-refractivity contribution >= 4 is 6.03 Å². The molecule has 1 aliphatic carbocycles. The van der Waals surface area contributed by atoms with Gasteiger partial charge in [0, 0.05) is 18.6 Å². The Balaban J connectivity index is 2.10. The van der Waals surface area contributed by atoms with Crippen LogP contribution >= 0.6 is 0 Å². The van der Waals surface area contributed by atoms with Crippen LogP contribution in [0.5, 0.6) is 0 Å². The van der Waals surface area contributed by atoms with E-state index in [4.69, 9.17) is 0 Å². The molecule has 0 bridgehead atoms. The number of rotatable bonds is 2. The average molecular weight is 168 g/mol. The molecule has 0 aromatic heterocycles. The van der Waals surface area contributed by atoms with Crippen LogP contribution in [0.15, 0.2) is 0 Å². The SMILES string of the molecule is CC(C)(C1CC1)N1CCNC1=O. The van der Waals surface area contributed by atoms with Gasteiger partial charge in [0.15, 0.2) is 0 Å². The minimum Gasteiger partial charge on any atom is -0.336 e. The number of amides is 2. The number of hydrogen-bond acceptors (Lipinski definition) is 1. The van der Waals surface area contributed by atoms with Crippen LogP contribution in [-0.4, -0.2) is 29.6 Å². The summed E-state index contributed by atoms with van der Waals surface area (Å²) in [7, 11) is 0. The highest BCUT2D eigenvalue weighted by Gasteiger charge is 2.45. The topological polar surface area (TPSA) is 32.3 Å². The fourth-order valence-corrected chi connectivity index (χ4v) is 2.03. The molecule has 1 aliphatic heterocycles. The Kier molecular flexibility index (Phi) is 1.56. The predicted octanol–water partition coefficient (Wildman–Crippen LogP) is 1.20. The Labute approximate surface area is 73.1 Å². The summed E-state index contributed by atoms with van der Waals surface area (Å²) in [4.78, 5) is 13.3. The molecule has 2 fully saturated rings. The van der Waals surface area contributed by atoms with Crippen LogP contribution in [-0.2, 0) is 0 Å². The number of carbonyl (C=O) groups excluding carboxylic acids is 1. The highest BCUT2D eigenvalue weighted by molar-refractivity contribution is 5.77. The molecule has 3 nitrogen and oxygen atoms in total. The van der Waals surface area contributed by atoms with Gasteiger partial charge in [-0.15, -0.1) is 0 Å². The third-order valence-electron chi connectivity index (χ3n) is 3.13. The summed E-state index contributed by atoms with van der Waals surface area (Å²) in [6, 6.07) is 0.118. The summed E-state index contributed by atoms with van der Waals surface area (Å²) in [6.07, 6.45) is 2.58. The van der Waals surface area contributed by atoms with E-state index >= 15 is 0 Å². The normalized spacial score (nSPS) is 24.5. The summed E-state index contributed by atoms with van der Waals surface area (Å²) < 4.78 is 0. The molecule has 12 heavy (non-hydrogen) atoms. The zero-order chi connectivity index (χ0) is 8.77. The van der Waals surface area contributed by atoms with Crippen molar-refractivity contribution in [1.29, 1.82) is 0 Å². The Morgan fingerprint density at radius 1 is 1.50 bits per heavy atom. The lowest BCUT2D eigenvalue weighted by atomic mass is 9.97. The monoisotopic (exact) mass is 168 g/mol. The van der Waals surface area contributed by atoms with E-state index in [-0.39, 0.29) is 11.6 Å². The van der Waals surface area contributed by atoms with Crippen LogP contribution in [0.4, 0.5) is 4.79 Å². The zero-order valence-corrected chi connectivity index (χ0v) is 7.76. The van der Waals surface area contributed by atoms with E-state index in [0.717, 1.165) is 19.0 Å². The summed E-state index contributed by atoms with van der Waals surface area (Å²) in [5.41, 5.74) is 0.0839. The molecule has 0 aromatic rings.